The number of amides is 2. The highest BCUT2D eigenvalue weighted by molar-refractivity contribution is 9.11. The second-order valence-electron chi connectivity index (χ2n) is 5.26. The zero-order valence-electron chi connectivity index (χ0n) is 13.4. The van der Waals surface area contributed by atoms with E-state index in [4.69, 9.17) is 14.6 Å². The van der Waals surface area contributed by atoms with E-state index >= 15 is 0 Å². The molecular formula is C16H19BrN2O5. The molecule has 2 amide bonds. The lowest BCUT2D eigenvalue weighted by Crippen LogP contribution is -2.47. The van der Waals surface area contributed by atoms with E-state index in [2.05, 4.69) is 21.2 Å². The summed E-state index contributed by atoms with van der Waals surface area (Å²) in [5, 5.41) is 11.2. The number of carbonyl (C=O) groups excluding carboxylic acids is 1. The van der Waals surface area contributed by atoms with Gasteiger partial charge in [0, 0.05) is 22.7 Å². The smallest absolute Gasteiger partial charge is 0.405 e. The fourth-order valence-corrected chi connectivity index (χ4v) is 2.97. The minimum atomic E-state index is -1.22. The van der Waals surface area contributed by atoms with Crippen LogP contribution in [0.2, 0.25) is 0 Å². The number of hydrogen-bond donors (Lipinski definition) is 2. The Hall–Kier alpha value is -2.22. The van der Waals surface area contributed by atoms with Gasteiger partial charge in [-0.3, -0.25) is 4.79 Å². The third-order valence-electron chi connectivity index (χ3n) is 3.68. The van der Waals surface area contributed by atoms with Crippen LogP contribution in [0.4, 0.5) is 4.79 Å². The van der Waals surface area contributed by atoms with Gasteiger partial charge in [-0.05, 0) is 18.6 Å². The highest BCUT2D eigenvalue weighted by atomic mass is 79.9. The van der Waals surface area contributed by atoms with Crippen molar-refractivity contribution in [3.05, 3.63) is 34.3 Å². The molecule has 0 saturated heterocycles. The van der Waals surface area contributed by atoms with Crippen LogP contribution in [0.1, 0.15) is 12.0 Å². The van der Waals surface area contributed by atoms with Crippen molar-refractivity contribution < 1.29 is 24.2 Å². The fourth-order valence-electron chi connectivity index (χ4n) is 2.48. The van der Waals surface area contributed by atoms with Gasteiger partial charge >= 0.3 is 6.09 Å². The summed E-state index contributed by atoms with van der Waals surface area (Å²) in [7, 11) is 3.12. The molecule has 0 aliphatic carbocycles. The van der Waals surface area contributed by atoms with Crippen LogP contribution in [0.15, 0.2) is 28.8 Å². The minimum Gasteiger partial charge on any atom is -0.497 e. The van der Waals surface area contributed by atoms with Crippen molar-refractivity contribution in [2.75, 3.05) is 20.8 Å². The molecule has 0 bridgehead atoms. The van der Waals surface area contributed by atoms with E-state index in [0.717, 1.165) is 10.0 Å². The monoisotopic (exact) mass is 398 g/mol. The quantitative estimate of drug-likeness (QED) is 0.794. The van der Waals surface area contributed by atoms with Crippen molar-refractivity contribution in [2.24, 2.45) is 0 Å². The van der Waals surface area contributed by atoms with E-state index in [9.17, 15) is 9.59 Å². The van der Waals surface area contributed by atoms with Gasteiger partial charge in [0.25, 0.3) is 0 Å². The first-order valence-corrected chi connectivity index (χ1v) is 8.07. The first-order chi connectivity index (χ1) is 11.4. The molecule has 1 atom stereocenters. The number of halogens is 1. The molecule has 24 heavy (non-hydrogen) atoms. The van der Waals surface area contributed by atoms with Crippen molar-refractivity contribution in [2.45, 2.75) is 19.0 Å². The van der Waals surface area contributed by atoms with Crippen LogP contribution in [-0.4, -0.2) is 48.8 Å². The summed E-state index contributed by atoms with van der Waals surface area (Å²) in [4.78, 5) is 25.1. The first-order valence-electron chi connectivity index (χ1n) is 7.28. The Bertz CT molecular complexity index is 662. The number of ether oxygens (including phenoxy) is 2. The number of benzene rings is 1. The predicted molar refractivity (Wildman–Crippen MR) is 91.5 cm³/mol. The Morgan fingerprint density at radius 1 is 1.42 bits per heavy atom. The molecule has 0 unspecified atom stereocenters. The molecular weight excluding hydrogens is 380 g/mol. The summed E-state index contributed by atoms with van der Waals surface area (Å²) < 4.78 is 11.4. The Balaban J connectivity index is 2.24. The van der Waals surface area contributed by atoms with Crippen molar-refractivity contribution in [3.63, 3.8) is 0 Å². The lowest BCUT2D eigenvalue weighted by atomic mass is 10.1. The molecule has 0 saturated carbocycles. The molecule has 0 radical (unpaired) electrons. The summed E-state index contributed by atoms with van der Waals surface area (Å²) >= 11 is 3.41. The van der Waals surface area contributed by atoms with Gasteiger partial charge in [0.2, 0.25) is 5.91 Å². The molecule has 1 aromatic carbocycles. The third-order valence-corrected chi connectivity index (χ3v) is 4.25. The number of methoxy groups -OCH3 is 2. The summed E-state index contributed by atoms with van der Waals surface area (Å²) in [6.45, 7) is 0.665. The summed E-state index contributed by atoms with van der Waals surface area (Å²) in [6, 6.07) is 4.56. The summed E-state index contributed by atoms with van der Waals surface area (Å²) in [5.41, 5.74) is 0.808. The second kappa shape index (κ2) is 8.05. The van der Waals surface area contributed by atoms with Crippen LogP contribution in [0.25, 0.3) is 0 Å². The van der Waals surface area contributed by atoms with E-state index in [0.29, 0.717) is 31.0 Å². The predicted octanol–water partition coefficient (Wildman–Crippen LogP) is 2.35. The standard InChI is InChI=1S/C16H19BrN2O5/c1-23-12-5-3-10(14(7-12)24-2)8-19-9-11(17)4-6-13(15(19)20)18-16(21)22/h3-5,7,13,18H,6,8-9H2,1-2H3,(H,21,22)/t13-/m1/s1. The molecule has 1 heterocycles. The van der Waals surface area contributed by atoms with Gasteiger partial charge in [-0.25, -0.2) is 4.79 Å². The maximum atomic E-state index is 12.6. The molecule has 1 aliphatic rings. The third kappa shape index (κ3) is 4.41. The minimum absolute atomic E-state index is 0.277. The van der Waals surface area contributed by atoms with Crippen LogP contribution in [0.3, 0.4) is 0 Å². The van der Waals surface area contributed by atoms with E-state index in [-0.39, 0.29) is 5.91 Å². The maximum Gasteiger partial charge on any atom is 0.405 e. The molecule has 8 heteroatoms. The van der Waals surface area contributed by atoms with E-state index in [1.165, 1.54) is 0 Å². The lowest BCUT2D eigenvalue weighted by Gasteiger charge is -2.25. The number of nitrogens with one attached hydrogen (secondary N) is 1. The SMILES string of the molecule is COc1ccc(CN2CC(Br)=CC[C@@H](NC(=O)O)C2=O)c(OC)c1. The molecule has 130 valence electrons. The van der Waals surface area contributed by atoms with Crippen molar-refractivity contribution >= 4 is 27.9 Å². The zero-order valence-corrected chi connectivity index (χ0v) is 15.0. The van der Waals surface area contributed by atoms with Crippen molar-refractivity contribution in [1.29, 1.82) is 0 Å². The molecule has 0 spiro atoms. The Morgan fingerprint density at radius 2 is 2.17 bits per heavy atom. The normalized spacial score (nSPS) is 17.8. The molecule has 2 rings (SSSR count). The van der Waals surface area contributed by atoms with E-state index in [1.807, 2.05) is 12.1 Å². The largest absolute Gasteiger partial charge is 0.497 e. The highest BCUT2D eigenvalue weighted by Crippen LogP contribution is 2.27. The number of nitrogens with zero attached hydrogens (tertiary/aromatic N) is 1. The molecule has 0 fully saturated rings. The van der Waals surface area contributed by atoms with Gasteiger partial charge in [-0.2, -0.15) is 0 Å². The Labute approximate surface area is 148 Å². The van der Waals surface area contributed by atoms with Crippen LogP contribution >= 0.6 is 15.9 Å². The van der Waals surface area contributed by atoms with Crippen LogP contribution < -0.4 is 14.8 Å². The van der Waals surface area contributed by atoms with Gasteiger partial charge < -0.3 is 24.8 Å². The second-order valence-corrected chi connectivity index (χ2v) is 6.28. The van der Waals surface area contributed by atoms with Gasteiger partial charge in [-0.1, -0.05) is 22.0 Å². The van der Waals surface area contributed by atoms with Gasteiger partial charge in [0.1, 0.15) is 17.5 Å². The summed E-state index contributed by atoms with van der Waals surface area (Å²) in [6.07, 6.45) is 0.896. The highest BCUT2D eigenvalue weighted by Gasteiger charge is 2.28. The van der Waals surface area contributed by atoms with Gasteiger partial charge in [0.15, 0.2) is 0 Å². The summed E-state index contributed by atoms with van der Waals surface area (Å²) in [5.74, 6) is 0.986. The van der Waals surface area contributed by atoms with Crippen molar-refractivity contribution in [3.8, 4) is 11.5 Å². The topological polar surface area (TPSA) is 88.1 Å². The fraction of sp³-hybridized carbons (Fsp3) is 0.375. The average molecular weight is 399 g/mol. The zero-order chi connectivity index (χ0) is 17.7. The van der Waals surface area contributed by atoms with Crippen LogP contribution in [-0.2, 0) is 11.3 Å². The Morgan fingerprint density at radius 3 is 2.79 bits per heavy atom. The van der Waals surface area contributed by atoms with Gasteiger partial charge in [0.05, 0.1) is 20.8 Å². The van der Waals surface area contributed by atoms with Crippen LogP contribution in [0.5, 0.6) is 11.5 Å². The maximum absolute atomic E-state index is 12.6. The number of hydrogen-bond acceptors (Lipinski definition) is 4. The number of carbonyl (C=O) groups is 2. The molecule has 0 aromatic heterocycles. The first kappa shape index (κ1) is 18.1. The Kier molecular flexibility index (Phi) is 6.08. The number of carboxylic acid groups (broad SMARTS) is 1. The van der Waals surface area contributed by atoms with E-state index in [1.54, 1.807) is 31.3 Å². The lowest BCUT2D eigenvalue weighted by molar-refractivity contribution is -0.133. The van der Waals surface area contributed by atoms with Crippen molar-refractivity contribution in [1.82, 2.24) is 10.2 Å². The number of rotatable bonds is 5. The molecule has 1 aliphatic heterocycles. The molecule has 7 nitrogen and oxygen atoms in total. The van der Waals surface area contributed by atoms with Crippen LogP contribution in [0, 0.1) is 0 Å². The average Bonchev–Trinajstić information content (AvgIpc) is 2.68. The molecule has 1 aromatic rings. The van der Waals surface area contributed by atoms with E-state index < -0.39 is 12.1 Å². The molecule has 2 N–H and O–H groups in total. The van der Waals surface area contributed by atoms with Gasteiger partial charge in [-0.15, -0.1) is 0 Å².